The van der Waals surface area contributed by atoms with Crippen molar-refractivity contribution in [1.29, 1.82) is 0 Å². The van der Waals surface area contributed by atoms with Crippen molar-refractivity contribution >= 4 is 29.2 Å². The van der Waals surface area contributed by atoms with Gasteiger partial charge in [-0.25, -0.2) is 4.79 Å². The lowest BCUT2D eigenvalue weighted by molar-refractivity contribution is -0.138. The molecule has 29 heavy (non-hydrogen) atoms. The number of benzene rings is 1. The largest absolute Gasteiger partial charge is 0.495 e. The highest BCUT2D eigenvalue weighted by Gasteiger charge is 2.55. The second-order valence-electron chi connectivity index (χ2n) is 7.44. The van der Waals surface area contributed by atoms with Crippen LogP contribution in [0, 0.1) is 0 Å². The molecule has 3 fully saturated rings. The fourth-order valence-electron chi connectivity index (χ4n) is 4.40. The second kappa shape index (κ2) is 7.85. The molecule has 0 bridgehead atoms. The molecule has 3 heterocycles. The number of allylic oxidation sites excluding steroid dienone is 1. The summed E-state index contributed by atoms with van der Waals surface area (Å²) in [6.45, 7) is 3.77. The van der Waals surface area contributed by atoms with E-state index < -0.39 is 6.04 Å². The highest BCUT2D eigenvalue weighted by atomic mass is 35.5. The molecule has 0 saturated carbocycles. The Labute approximate surface area is 175 Å². The first kappa shape index (κ1) is 20.0. The summed E-state index contributed by atoms with van der Waals surface area (Å²) in [5, 5.41) is 4.04. The van der Waals surface area contributed by atoms with Crippen LogP contribution in [-0.4, -0.2) is 78.9 Å². The maximum atomic E-state index is 13.2. The van der Waals surface area contributed by atoms with Gasteiger partial charge in [0.25, 0.3) is 5.91 Å². The lowest BCUT2D eigenvalue weighted by Crippen LogP contribution is -2.66. The Hall–Kier alpha value is -2.29. The molecule has 156 valence electrons. The Morgan fingerprint density at radius 1 is 1.31 bits per heavy atom. The number of amides is 3. The first-order valence-corrected chi connectivity index (χ1v) is 10.2. The molecule has 9 heteroatoms. The van der Waals surface area contributed by atoms with Gasteiger partial charge in [0.15, 0.2) is 0 Å². The SMILES string of the molecule is C/C=C/CN1C(=O)C2C(NC3N(c4ccc(OC)c(Cl)c4)CCCN23)N(C)C1=O. The minimum absolute atomic E-state index is 0.152. The van der Waals surface area contributed by atoms with Gasteiger partial charge in [0.1, 0.15) is 24.2 Å². The molecule has 1 aromatic carbocycles. The number of urea groups is 1. The lowest BCUT2D eigenvalue weighted by Gasteiger charge is -2.43. The molecule has 8 nitrogen and oxygen atoms in total. The third-order valence-corrected chi connectivity index (χ3v) is 6.16. The van der Waals surface area contributed by atoms with E-state index in [2.05, 4.69) is 15.1 Å². The Balaban J connectivity index is 1.64. The van der Waals surface area contributed by atoms with Crippen molar-refractivity contribution in [3.8, 4) is 5.75 Å². The average molecular weight is 420 g/mol. The van der Waals surface area contributed by atoms with Gasteiger partial charge in [0, 0.05) is 32.4 Å². The standard InChI is InChI=1S/C20H26ClN5O3/c1-4-5-9-26-18(27)16-17(23(2)20(26)28)22-19-24(10-6-11-25(16)19)13-7-8-15(29-3)14(21)12-13/h4-5,7-8,12,16-17,19,22H,6,9-11H2,1-3H3/b5-4+. The van der Waals surface area contributed by atoms with E-state index in [4.69, 9.17) is 16.3 Å². The lowest BCUT2D eigenvalue weighted by atomic mass is 10.1. The van der Waals surface area contributed by atoms with E-state index in [1.807, 2.05) is 37.3 Å². The summed E-state index contributed by atoms with van der Waals surface area (Å²) < 4.78 is 5.26. The fraction of sp³-hybridized carbons (Fsp3) is 0.500. The van der Waals surface area contributed by atoms with Crippen molar-refractivity contribution in [2.45, 2.75) is 31.8 Å². The smallest absolute Gasteiger partial charge is 0.328 e. The molecule has 0 aliphatic carbocycles. The maximum Gasteiger partial charge on any atom is 0.328 e. The monoisotopic (exact) mass is 419 g/mol. The first-order valence-electron chi connectivity index (χ1n) is 9.79. The second-order valence-corrected chi connectivity index (χ2v) is 7.85. The minimum Gasteiger partial charge on any atom is -0.495 e. The molecular weight excluding hydrogens is 394 g/mol. The zero-order valence-corrected chi connectivity index (χ0v) is 17.6. The van der Waals surface area contributed by atoms with Crippen LogP contribution in [0.3, 0.4) is 0 Å². The number of nitrogens with zero attached hydrogens (tertiary/aromatic N) is 4. The van der Waals surface area contributed by atoms with Gasteiger partial charge >= 0.3 is 6.03 Å². The number of hydrogen-bond donors (Lipinski definition) is 1. The summed E-state index contributed by atoms with van der Waals surface area (Å²) in [5.74, 6) is 0.471. The molecule has 0 radical (unpaired) electrons. The minimum atomic E-state index is -0.413. The van der Waals surface area contributed by atoms with Crippen molar-refractivity contribution in [2.75, 3.05) is 38.7 Å². The molecule has 3 amide bonds. The van der Waals surface area contributed by atoms with Gasteiger partial charge in [0.05, 0.1) is 12.1 Å². The van der Waals surface area contributed by atoms with E-state index in [9.17, 15) is 9.59 Å². The molecule has 3 unspecified atom stereocenters. The van der Waals surface area contributed by atoms with Gasteiger partial charge < -0.3 is 14.5 Å². The Bertz CT molecular complexity index is 847. The molecule has 0 aromatic heterocycles. The molecule has 3 aliphatic heterocycles. The van der Waals surface area contributed by atoms with E-state index in [1.165, 1.54) is 4.90 Å². The van der Waals surface area contributed by atoms with Crippen LogP contribution < -0.4 is 15.0 Å². The highest BCUT2D eigenvalue weighted by molar-refractivity contribution is 6.32. The van der Waals surface area contributed by atoms with E-state index in [-0.39, 0.29) is 30.9 Å². The van der Waals surface area contributed by atoms with Crippen LogP contribution in [0.2, 0.25) is 5.02 Å². The summed E-state index contributed by atoms with van der Waals surface area (Å²) in [6, 6.07) is 5.00. The number of carbonyl (C=O) groups excluding carboxylic acids is 2. The number of rotatable bonds is 4. The van der Waals surface area contributed by atoms with E-state index in [0.717, 1.165) is 25.2 Å². The first-order chi connectivity index (χ1) is 14.0. The van der Waals surface area contributed by atoms with Gasteiger partial charge in [-0.15, -0.1) is 0 Å². The van der Waals surface area contributed by atoms with Gasteiger partial charge in [-0.1, -0.05) is 23.8 Å². The van der Waals surface area contributed by atoms with Crippen LogP contribution >= 0.6 is 11.6 Å². The molecule has 1 N–H and O–H groups in total. The predicted molar refractivity (Wildman–Crippen MR) is 111 cm³/mol. The van der Waals surface area contributed by atoms with Crippen LogP contribution in [0.4, 0.5) is 10.5 Å². The third-order valence-electron chi connectivity index (χ3n) is 5.86. The summed E-state index contributed by atoms with van der Waals surface area (Å²) in [5.41, 5.74) is 0.948. The number of nitrogens with one attached hydrogen (secondary N) is 1. The van der Waals surface area contributed by atoms with Crippen LogP contribution in [0.1, 0.15) is 13.3 Å². The molecule has 1 aromatic rings. The normalized spacial score (nSPS) is 27.6. The Morgan fingerprint density at radius 2 is 2.10 bits per heavy atom. The molecule has 4 rings (SSSR count). The van der Waals surface area contributed by atoms with Gasteiger partial charge in [-0.05, 0) is 31.5 Å². The summed E-state index contributed by atoms with van der Waals surface area (Å²) in [4.78, 5) is 33.3. The van der Waals surface area contributed by atoms with Gasteiger partial charge in [0.2, 0.25) is 0 Å². The summed E-state index contributed by atoms with van der Waals surface area (Å²) in [6.07, 6.45) is 4.02. The molecule has 3 saturated heterocycles. The topological polar surface area (TPSA) is 68.4 Å². The van der Waals surface area contributed by atoms with Crippen molar-refractivity contribution in [3.63, 3.8) is 0 Å². The van der Waals surface area contributed by atoms with Crippen LogP contribution in [0.25, 0.3) is 0 Å². The number of halogens is 1. The zero-order valence-electron chi connectivity index (χ0n) is 16.8. The van der Waals surface area contributed by atoms with Crippen molar-refractivity contribution in [3.05, 3.63) is 35.4 Å². The number of carbonyl (C=O) groups is 2. The van der Waals surface area contributed by atoms with Gasteiger partial charge in [-0.2, -0.15) is 0 Å². The highest BCUT2D eigenvalue weighted by Crippen LogP contribution is 2.35. The number of imide groups is 1. The number of anilines is 1. The zero-order chi connectivity index (χ0) is 20.7. The number of fused-ring (bicyclic) bond motifs is 3. The molecule has 3 aliphatic rings. The summed E-state index contributed by atoms with van der Waals surface area (Å²) in [7, 11) is 3.33. The van der Waals surface area contributed by atoms with Gasteiger partial charge in [-0.3, -0.25) is 19.9 Å². The summed E-state index contributed by atoms with van der Waals surface area (Å²) >= 11 is 6.34. The maximum absolute atomic E-state index is 13.2. The third kappa shape index (κ3) is 3.25. The number of hydrogen-bond acceptors (Lipinski definition) is 6. The molecule has 3 atom stereocenters. The van der Waals surface area contributed by atoms with Crippen LogP contribution in [-0.2, 0) is 4.79 Å². The van der Waals surface area contributed by atoms with Crippen molar-refractivity contribution < 1.29 is 14.3 Å². The van der Waals surface area contributed by atoms with Crippen molar-refractivity contribution in [1.82, 2.24) is 20.0 Å². The number of ether oxygens (including phenoxy) is 1. The van der Waals surface area contributed by atoms with E-state index in [1.54, 1.807) is 19.1 Å². The van der Waals surface area contributed by atoms with E-state index >= 15 is 0 Å². The number of methoxy groups -OCH3 is 1. The van der Waals surface area contributed by atoms with Crippen LogP contribution in [0.5, 0.6) is 5.75 Å². The Morgan fingerprint density at radius 3 is 2.79 bits per heavy atom. The van der Waals surface area contributed by atoms with Crippen molar-refractivity contribution in [2.24, 2.45) is 0 Å². The predicted octanol–water partition coefficient (Wildman–Crippen LogP) is 1.91. The molecule has 0 spiro atoms. The quantitative estimate of drug-likeness (QED) is 0.752. The number of likely N-dealkylation sites (N-methyl/N-ethyl adjacent to an activating group) is 1. The Kier molecular flexibility index (Phi) is 5.42. The fourth-order valence-corrected chi connectivity index (χ4v) is 4.65. The van der Waals surface area contributed by atoms with E-state index in [0.29, 0.717) is 10.8 Å². The average Bonchev–Trinajstić information content (AvgIpc) is 3.12. The molecular formula is C20H26ClN5O3. The van der Waals surface area contributed by atoms with Crippen LogP contribution in [0.15, 0.2) is 30.4 Å².